The smallest absolute Gasteiger partial charge is 0.277 e. The van der Waals surface area contributed by atoms with E-state index >= 15 is 0 Å². The van der Waals surface area contributed by atoms with Gasteiger partial charge in [0.05, 0.1) is 44.2 Å². The third-order valence-corrected chi connectivity index (χ3v) is 12.5. The number of alkyl halides is 1. The van der Waals surface area contributed by atoms with Crippen molar-refractivity contribution in [3.05, 3.63) is 42.1 Å². The molecule has 2 aromatic rings. The number of nitrogens with zero attached hydrogens (tertiary/aromatic N) is 5. The summed E-state index contributed by atoms with van der Waals surface area (Å²) in [6, 6.07) is 3.40. The maximum Gasteiger partial charge on any atom is 0.277 e. The van der Waals surface area contributed by atoms with E-state index in [-0.39, 0.29) is 47.4 Å². The second-order valence-electron chi connectivity index (χ2n) is 14.8. The number of nitrogens with one attached hydrogen (secondary N) is 2. The fraction of sp³-hybridized carbons (Fsp3) is 0.667. The summed E-state index contributed by atoms with van der Waals surface area (Å²) in [5.41, 5.74) is 0.205. The van der Waals surface area contributed by atoms with Gasteiger partial charge in [0.15, 0.2) is 17.4 Å². The molecule has 1 aliphatic carbocycles. The first-order chi connectivity index (χ1) is 23.7. The third-order valence-electron chi connectivity index (χ3n) is 10.3. The van der Waals surface area contributed by atoms with Gasteiger partial charge in [0.2, 0.25) is 0 Å². The number of morpholine rings is 1. The molecule has 1 aromatic heterocycles. The Balaban J connectivity index is 0.941. The second kappa shape index (κ2) is 13.9. The number of amides is 1. The Labute approximate surface area is 305 Å². The second-order valence-corrected chi connectivity index (χ2v) is 18.6. The van der Waals surface area contributed by atoms with Gasteiger partial charge in [-0.2, -0.15) is 17.9 Å². The van der Waals surface area contributed by atoms with Gasteiger partial charge in [-0.25, -0.2) is 14.4 Å². The van der Waals surface area contributed by atoms with Gasteiger partial charge in [0, 0.05) is 37.0 Å². The predicted octanol–water partition coefficient (Wildman–Crippen LogP) is 2.78. The van der Waals surface area contributed by atoms with Gasteiger partial charge in [0.1, 0.15) is 21.4 Å². The van der Waals surface area contributed by atoms with Crippen LogP contribution in [0, 0.1) is 11.2 Å². The summed E-state index contributed by atoms with van der Waals surface area (Å²) in [6.07, 6.45) is 7.46. The highest BCUT2D eigenvalue weighted by Crippen LogP contribution is 2.45. The normalized spacial score (nSPS) is 30.3. The van der Waals surface area contributed by atoms with Crippen molar-refractivity contribution in [1.82, 2.24) is 29.2 Å². The van der Waals surface area contributed by atoms with Crippen molar-refractivity contribution in [1.29, 1.82) is 0 Å². The van der Waals surface area contributed by atoms with Gasteiger partial charge in [0.25, 0.3) is 16.1 Å². The number of halogens is 2. The number of carbonyl (C=O) groups excluding carboxylic acids is 1. The molecule has 1 saturated carbocycles. The minimum Gasteiger partial charge on any atom is -0.451 e. The number of piperidine rings is 1. The van der Waals surface area contributed by atoms with Gasteiger partial charge in [-0.3, -0.25) is 9.69 Å². The summed E-state index contributed by atoms with van der Waals surface area (Å²) < 4.78 is 61.5. The van der Waals surface area contributed by atoms with Gasteiger partial charge in [-0.05, 0) is 77.2 Å². The van der Waals surface area contributed by atoms with E-state index in [9.17, 15) is 22.7 Å². The zero-order valence-electron chi connectivity index (χ0n) is 28.3. The molecule has 1 aromatic carbocycles. The van der Waals surface area contributed by atoms with Gasteiger partial charge < -0.3 is 29.1 Å². The van der Waals surface area contributed by atoms with Crippen molar-refractivity contribution in [2.75, 3.05) is 57.4 Å². The number of likely N-dealkylation sites (tertiary alicyclic amines) is 1. The van der Waals surface area contributed by atoms with Crippen molar-refractivity contribution in [3.8, 4) is 11.5 Å². The largest absolute Gasteiger partial charge is 0.451 e. The molecule has 1 amide bonds. The Bertz CT molecular complexity index is 1680. The summed E-state index contributed by atoms with van der Waals surface area (Å²) in [6.45, 7) is 8.18. The van der Waals surface area contributed by atoms with Crippen molar-refractivity contribution in [2.45, 2.75) is 79.8 Å². The van der Waals surface area contributed by atoms with E-state index in [1.807, 2.05) is 13.8 Å². The lowest BCUT2D eigenvalue weighted by Gasteiger charge is -2.55. The maximum absolute atomic E-state index is 14.5. The third kappa shape index (κ3) is 8.04. The molecule has 274 valence electrons. The minimum absolute atomic E-state index is 0.0274. The highest BCUT2D eigenvalue weighted by atomic mass is 127. The molecule has 0 bridgehead atoms. The lowest BCUT2D eigenvalue weighted by molar-refractivity contribution is -0.239. The molecule has 0 unspecified atom stereocenters. The lowest BCUT2D eigenvalue weighted by Crippen LogP contribution is -2.62. The van der Waals surface area contributed by atoms with E-state index < -0.39 is 25.4 Å². The summed E-state index contributed by atoms with van der Waals surface area (Å²) in [7, 11) is -3.58. The highest BCUT2D eigenvalue weighted by molar-refractivity contribution is 14.1. The molecule has 7 rings (SSSR count). The van der Waals surface area contributed by atoms with Crippen molar-refractivity contribution in [3.63, 3.8) is 0 Å². The molecule has 4 aliphatic heterocycles. The number of β-amino-alcohol motifs (C(OH)–C–C–N with tert-alkyl or cyclic N) is 1. The monoisotopic (exact) mass is 829 g/mol. The predicted molar refractivity (Wildman–Crippen MR) is 190 cm³/mol. The van der Waals surface area contributed by atoms with E-state index in [0.717, 1.165) is 51.9 Å². The zero-order chi connectivity index (χ0) is 35.3. The van der Waals surface area contributed by atoms with Gasteiger partial charge >= 0.3 is 0 Å². The maximum atomic E-state index is 14.5. The van der Waals surface area contributed by atoms with Crippen LogP contribution in [0.5, 0.6) is 11.5 Å². The zero-order valence-corrected chi connectivity index (χ0v) is 31.3. The van der Waals surface area contributed by atoms with Crippen molar-refractivity contribution >= 4 is 44.5 Å². The molecular formula is C33H45FIN7O7S. The highest BCUT2D eigenvalue weighted by Gasteiger charge is 2.48. The quantitative estimate of drug-likeness (QED) is 0.184. The molecule has 5 aliphatic rings. The molecule has 4 atom stereocenters. The minimum atomic E-state index is -3.58. The van der Waals surface area contributed by atoms with E-state index in [1.54, 1.807) is 11.1 Å². The molecule has 3 N–H and O–H groups in total. The Kier molecular flexibility index (Phi) is 10.1. The van der Waals surface area contributed by atoms with Crippen LogP contribution in [0.2, 0.25) is 0 Å². The molecule has 5 heterocycles. The fourth-order valence-corrected chi connectivity index (χ4v) is 9.81. The molecule has 50 heavy (non-hydrogen) atoms. The van der Waals surface area contributed by atoms with Crippen LogP contribution in [0.1, 0.15) is 62.7 Å². The molecule has 5 fully saturated rings. The first-order valence-electron chi connectivity index (χ1n) is 17.2. The number of benzene rings is 1. The number of hydrogen-bond acceptors (Lipinski definition) is 11. The summed E-state index contributed by atoms with van der Waals surface area (Å²) in [5.74, 6) is -0.972. The Hall–Kier alpha value is -2.26. The van der Waals surface area contributed by atoms with Crippen molar-refractivity contribution in [2.24, 2.45) is 5.41 Å². The SMILES string of the molecule is C[C@@H]1COC[C@](C)(I)N1C(=O)c1cc(F)ccc1Oc1cncnc1N1CC2(CCN(C[C@@]3(O)CC[C@@H](NS(=O)(=O)NC4CC4)CO3)CC2)C1. The number of anilines is 1. The first-order valence-corrected chi connectivity index (χ1v) is 19.8. The molecule has 17 heteroatoms. The average molecular weight is 830 g/mol. The standard InChI is InChI=1S/C33H45FIN7O7S/c1-22-15-47-20-31(2,35)42(22)30(43)26-13-23(34)3-6-27(26)49-28-14-36-21-37-29(28)41-17-32(18-41)9-11-40(12-10-32)19-33(44)8-7-25(16-48-33)39-50(45,46)38-24-4-5-24/h3,6,13-14,21-22,24-25,38-39,44H,4-5,7-12,15-20H2,1-2H3/t22-,25-,31-,33-/m1/s1. The molecule has 0 radical (unpaired) electrons. The van der Waals surface area contributed by atoms with Gasteiger partial charge in [-0.15, -0.1) is 0 Å². The summed E-state index contributed by atoms with van der Waals surface area (Å²) in [5, 5.41) is 11.2. The average Bonchev–Trinajstić information content (AvgIpc) is 3.85. The molecule has 14 nitrogen and oxygen atoms in total. The van der Waals surface area contributed by atoms with Crippen LogP contribution < -0.4 is 19.1 Å². The van der Waals surface area contributed by atoms with E-state index in [4.69, 9.17) is 14.2 Å². The van der Waals surface area contributed by atoms with Crippen LogP contribution in [0.4, 0.5) is 10.2 Å². The molecule has 1 spiro atoms. The molecular weight excluding hydrogens is 784 g/mol. The van der Waals surface area contributed by atoms with Crippen LogP contribution in [0.25, 0.3) is 0 Å². The number of hydrogen-bond donors (Lipinski definition) is 3. The van der Waals surface area contributed by atoms with Crippen LogP contribution in [0.3, 0.4) is 0 Å². The Morgan fingerprint density at radius 3 is 2.54 bits per heavy atom. The topological polar surface area (TPSA) is 159 Å². The molecule has 4 saturated heterocycles. The van der Waals surface area contributed by atoms with Crippen LogP contribution in [-0.2, 0) is 19.7 Å². The Morgan fingerprint density at radius 1 is 1.12 bits per heavy atom. The summed E-state index contributed by atoms with van der Waals surface area (Å²) in [4.78, 5) is 28.7. The number of carbonyl (C=O) groups is 1. The fourth-order valence-electron chi connectivity index (χ4n) is 7.52. The number of aliphatic hydroxyl groups is 1. The lowest BCUT2D eigenvalue weighted by atomic mass is 9.72. The van der Waals surface area contributed by atoms with Crippen LogP contribution in [-0.4, -0.2) is 119 Å². The number of ether oxygens (including phenoxy) is 3. The number of rotatable bonds is 10. The van der Waals surface area contributed by atoms with Crippen molar-refractivity contribution < 1.29 is 36.9 Å². The van der Waals surface area contributed by atoms with Crippen LogP contribution in [0.15, 0.2) is 30.7 Å². The van der Waals surface area contributed by atoms with Crippen LogP contribution >= 0.6 is 22.6 Å². The van der Waals surface area contributed by atoms with E-state index in [0.29, 0.717) is 44.2 Å². The first kappa shape index (κ1) is 36.1. The number of aromatic nitrogens is 2. The van der Waals surface area contributed by atoms with E-state index in [1.165, 1.54) is 24.5 Å². The van der Waals surface area contributed by atoms with E-state index in [2.05, 4.69) is 51.8 Å². The Morgan fingerprint density at radius 2 is 1.86 bits per heavy atom. The summed E-state index contributed by atoms with van der Waals surface area (Å²) >= 11 is 2.20. The van der Waals surface area contributed by atoms with Gasteiger partial charge in [-0.1, -0.05) is 22.6 Å².